The lowest BCUT2D eigenvalue weighted by molar-refractivity contribution is 0.273. The van der Waals surface area contributed by atoms with Crippen molar-refractivity contribution in [2.75, 3.05) is 0 Å². The van der Waals surface area contributed by atoms with Gasteiger partial charge in [-0.25, -0.2) is 9.37 Å². The molecule has 3 nitrogen and oxygen atoms in total. The van der Waals surface area contributed by atoms with Gasteiger partial charge < -0.3 is 9.84 Å². The number of aromatic nitrogens is 1. The van der Waals surface area contributed by atoms with Gasteiger partial charge in [0.05, 0.1) is 6.61 Å². The molecule has 2 aromatic rings. The zero-order chi connectivity index (χ0) is 13.2. The van der Waals surface area contributed by atoms with Gasteiger partial charge in [0, 0.05) is 11.8 Å². The maximum Gasteiger partial charge on any atom is 0.256 e. The fraction of sp³-hybridized carbons (Fsp3) is 0.267. The first kappa shape index (κ1) is 12.1. The summed E-state index contributed by atoms with van der Waals surface area (Å²) in [5.74, 6) is -0.114. The molecular formula is C15H14FNO2. The lowest BCUT2D eigenvalue weighted by Gasteiger charge is -2.09. The molecule has 0 saturated carbocycles. The summed E-state index contributed by atoms with van der Waals surface area (Å²) >= 11 is 0. The Morgan fingerprint density at radius 1 is 1.21 bits per heavy atom. The van der Waals surface area contributed by atoms with E-state index in [0.29, 0.717) is 5.75 Å². The first-order chi connectivity index (χ1) is 9.28. The van der Waals surface area contributed by atoms with Crippen molar-refractivity contribution in [3.05, 3.63) is 53.0 Å². The quantitative estimate of drug-likeness (QED) is 0.921. The van der Waals surface area contributed by atoms with Crippen LogP contribution in [0.4, 0.5) is 4.39 Å². The molecular weight excluding hydrogens is 245 g/mol. The maximum absolute atomic E-state index is 13.9. The van der Waals surface area contributed by atoms with E-state index in [1.54, 1.807) is 0 Å². The Morgan fingerprint density at radius 3 is 2.89 bits per heavy atom. The molecule has 0 bridgehead atoms. The molecule has 0 atom stereocenters. The molecule has 98 valence electrons. The van der Waals surface area contributed by atoms with Crippen molar-refractivity contribution in [3.63, 3.8) is 0 Å². The highest BCUT2D eigenvalue weighted by Crippen LogP contribution is 2.29. The van der Waals surface area contributed by atoms with Gasteiger partial charge in [-0.1, -0.05) is 6.07 Å². The summed E-state index contributed by atoms with van der Waals surface area (Å²) in [5, 5.41) is 9.01. The first-order valence-corrected chi connectivity index (χ1v) is 6.32. The summed E-state index contributed by atoms with van der Waals surface area (Å²) < 4.78 is 19.4. The van der Waals surface area contributed by atoms with Gasteiger partial charge in [-0.3, -0.25) is 0 Å². The Balaban J connectivity index is 1.89. The van der Waals surface area contributed by atoms with Crippen LogP contribution in [0.15, 0.2) is 30.5 Å². The second kappa shape index (κ2) is 4.97. The van der Waals surface area contributed by atoms with Crippen molar-refractivity contribution < 1.29 is 14.2 Å². The van der Waals surface area contributed by atoms with E-state index in [1.807, 2.05) is 18.2 Å². The van der Waals surface area contributed by atoms with Crippen molar-refractivity contribution in [3.8, 4) is 11.6 Å². The Morgan fingerprint density at radius 2 is 2.05 bits per heavy atom. The van der Waals surface area contributed by atoms with Crippen LogP contribution in [0.25, 0.3) is 0 Å². The summed E-state index contributed by atoms with van der Waals surface area (Å²) in [6.07, 6.45) is 4.73. The number of ether oxygens (including phenoxy) is 1. The van der Waals surface area contributed by atoms with Crippen LogP contribution in [0.1, 0.15) is 23.1 Å². The molecule has 0 spiro atoms. The maximum atomic E-state index is 13.9. The highest BCUT2D eigenvalue weighted by molar-refractivity contribution is 5.40. The SMILES string of the molecule is OCc1ccnc(Oc2ccc3c(c2)CCC3)c1F. The van der Waals surface area contributed by atoms with Crippen LogP contribution in [-0.2, 0) is 19.4 Å². The molecule has 0 aliphatic heterocycles. The Kier molecular flexibility index (Phi) is 3.17. The molecule has 0 amide bonds. The molecule has 4 heteroatoms. The number of hydrogen-bond acceptors (Lipinski definition) is 3. The van der Waals surface area contributed by atoms with Crippen molar-refractivity contribution >= 4 is 0 Å². The zero-order valence-electron chi connectivity index (χ0n) is 10.4. The van der Waals surface area contributed by atoms with Crippen LogP contribution in [-0.4, -0.2) is 10.1 Å². The number of aliphatic hydroxyl groups excluding tert-OH is 1. The van der Waals surface area contributed by atoms with Gasteiger partial charge in [-0.2, -0.15) is 0 Å². The van der Waals surface area contributed by atoms with E-state index in [-0.39, 0.29) is 18.1 Å². The van der Waals surface area contributed by atoms with E-state index >= 15 is 0 Å². The number of hydrogen-bond donors (Lipinski definition) is 1. The average Bonchev–Trinajstić information content (AvgIpc) is 2.88. The van der Waals surface area contributed by atoms with Gasteiger partial charge in [0.25, 0.3) is 5.88 Å². The molecule has 19 heavy (non-hydrogen) atoms. The van der Waals surface area contributed by atoms with Gasteiger partial charge in [0.1, 0.15) is 5.75 Å². The third kappa shape index (κ3) is 2.31. The third-order valence-electron chi connectivity index (χ3n) is 3.39. The van der Waals surface area contributed by atoms with Gasteiger partial charge in [0.2, 0.25) is 0 Å². The minimum Gasteiger partial charge on any atom is -0.436 e. The summed E-state index contributed by atoms with van der Waals surface area (Å²) in [6.45, 7) is -0.366. The molecule has 0 radical (unpaired) electrons. The standard InChI is InChI=1S/C15H14FNO2/c16-14-12(9-18)6-7-17-15(14)19-13-5-4-10-2-1-3-11(10)8-13/h4-8,18H,1-3,9H2. The molecule has 1 aliphatic rings. The molecule has 1 aliphatic carbocycles. The molecule has 3 rings (SSSR count). The number of nitrogens with zero attached hydrogens (tertiary/aromatic N) is 1. The first-order valence-electron chi connectivity index (χ1n) is 6.32. The molecule has 1 aromatic carbocycles. The number of fused-ring (bicyclic) bond motifs is 1. The lowest BCUT2D eigenvalue weighted by atomic mass is 10.1. The van der Waals surface area contributed by atoms with Crippen molar-refractivity contribution in [1.29, 1.82) is 0 Å². The summed E-state index contributed by atoms with van der Waals surface area (Å²) in [4.78, 5) is 3.87. The lowest BCUT2D eigenvalue weighted by Crippen LogP contribution is -1.97. The Bertz CT molecular complexity index is 613. The second-order valence-electron chi connectivity index (χ2n) is 4.63. The normalized spacial score (nSPS) is 13.4. The minimum atomic E-state index is -0.606. The third-order valence-corrected chi connectivity index (χ3v) is 3.39. The molecule has 1 aromatic heterocycles. The van der Waals surface area contributed by atoms with Crippen LogP contribution in [0.2, 0.25) is 0 Å². The fourth-order valence-electron chi connectivity index (χ4n) is 2.38. The summed E-state index contributed by atoms with van der Waals surface area (Å²) in [7, 11) is 0. The monoisotopic (exact) mass is 259 g/mol. The number of rotatable bonds is 3. The van der Waals surface area contributed by atoms with E-state index in [1.165, 1.54) is 23.4 Å². The van der Waals surface area contributed by atoms with E-state index in [4.69, 9.17) is 9.84 Å². The largest absolute Gasteiger partial charge is 0.436 e. The minimum absolute atomic E-state index is 0.0931. The van der Waals surface area contributed by atoms with E-state index in [9.17, 15) is 4.39 Å². The van der Waals surface area contributed by atoms with Crippen LogP contribution in [0.5, 0.6) is 11.6 Å². The smallest absolute Gasteiger partial charge is 0.256 e. The van der Waals surface area contributed by atoms with Crippen LogP contribution in [0.3, 0.4) is 0 Å². The van der Waals surface area contributed by atoms with Crippen LogP contribution >= 0.6 is 0 Å². The fourth-order valence-corrected chi connectivity index (χ4v) is 2.38. The topological polar surface area (TPSA) is 42.4 Å². The summed E-state index contributed by atoms with van der Waals surface area (Å²) in [5.41, 5.74) is 2.78. The van der Waals surface area contributed by atoms with Gasteiger partial charge in [-0.05, 0) is 48.6 Å². The molecule has 0 unspecified atom stereocenters. The van der Waals surface area contributed by atoms with Crippen LogP contribution < -0.4 is 4.74 Å². The zero-order valence-corrected chi connectivity index (χ0v) is 10.4. The predicted molar refractivity (Wildman–Crippen MR) is 68.7 cm³/mol. The van der Waals surface area contributed by atoms with E-state index < -0.39 is 5.82 Å². The molecule has 0 saturated heterocycles. The van der Waals surface area contributed by atoms with Crippen molar-refractivity contribution in [1.82, 2.24) is 4.98 Å². The number of aryl methyl sites for hydroxylation is 2. The average molecular weight is 259 g/mol. The number of halogens is 1. The number of benzene rings is 1. The Hall–Kier alpha value is -1.94. The summed E-state index contributed by atoms with van der Waals surface area (Å²) in [6, 6.07) is 7.22. The molecule has 1 N–H and O–H groups in total. The van der Waals surface area contributed by atoms with Gasteiger partial charge >= 0.3 is 0 Å². The predicted octanol–water partition coefficient (Wildman–Crippen LogP) is 2.99. The Labute approximate surface area is 110 Å². The number of aliphatic hydroxyl groups is 1. The van der Waals surface area contributed by atoms with Crippen LogP contribution in [0, 0.1) is 5.82 Å². The van der Waals surface area contributed by atoms with E-state index in [2.05, 4.69) is 4.98 Å². The molecule has 0 fully saturated rings. The molecule has 1 heterocycles. The van der Waals surface area contributed by atoms with Crippen molar-refractivity contribution in [2.24, 2.45) is 0 Å². The van der Waals surface area contributed by atoms with Crippen molar-refractivity contribution in [2.45, 2.75) is 25.9 Å². The van der Waals surface area contributed by atoms with Gasteiger partial charge in [0.15, 0.2) is 5.82 Å². The van der Waals surface area contributed by atoms with Gasteiger partial charge in [-0.15, -0.1) is 0 Å². The highest BCUT2D eigenvalue weighted by Gasteiger charge is 2.14. The highest BCUT2D eigenvalue weighted by atomic mass is 19.1. The number of pyridine rings is 1. The second-order valence-corrected chi connectivity index (χ2v) is 4.63. The van der Waals surface area contributed by atoms with E-state index in [0.717, 1.165) is 19.3 Å².